The number of halogens is 4. The van der Waals surface area contributed by atoms with Crippen LogP contribution in [0.5, 0.6) is 0 Å². The molecule has 12 aliphatic carbocycles. The third kappa shape index (κ3) is 1.39. The van der Waals surface area contributed by atoms with Crippen LogP contribution in [0.2, 0.25) is 0 Å². The van der Waals surface area contributed by atoms with Gasteiger partial charge in [0.15, 0.2) is 0 Å². The van der Waals surface area contributed by atoms with Crippen LogP contribution in [0.3, 0.4) is 0 Å². The van der Waals surface area contributed by atoms with E-state index in [2.05, 4.69) is 63.7 Å². The number of esters is 4. The molecule has 12 saturated carbocycles. The lowest BCUT2D eigenvalue weighted by Crippen LogP contribution is -2.63. The minimum atomic E-state index is -0.967. The number of rotatable bonds is 4. The van der Waals surface area contributed by atoms with Gasteiger partial charge in [0.05, 0.1) is 17.3 Å². The van der Waals surface area contributed by atoms with Gasteiger partial charge in [0.1, 0.15) is 22.4 Å². The number of carbonyl (C=O) groups is 4. The molecular weight excluding hydrogens is 784 g/mol. The molecular formula is C28H24Br4O8. The second-order valence-corrected chi connectivity index (χ2v) is 20.0. The number of hydrogen-bond acceptors (Lipinski definition) is 8. The van der Waals surface area contributed by atoms with Crippen molar-refractivity contribution in [2.75, 3.05) is 0 Å². The molecule has 12 heteroatoms. The molecule has 20 atom stereocenters. The average Bonchev–Trinajstić information content (AvgIpc) is 3.63. The molecule has 12 aliphatic rings. The summed E-state index contributed by atoms with van der Waals surface area (Å²) in [7, 11) is 0. The lowest BCUT2D eigenvalue weighted by molar-refractivity contribution is -0.188. The van der Waals surface area contributed by atoms with Crippen LogP contribution in [-0.2, 0) is 38.1 Å². The topological polar surface area (TPSA) is 105 Å². The van der Waals surface area contributed by atoms with Gasteiger partial charge in [0.2, 0.25) is 0 Å². The minimum absolute atomic E-state index is 0.0407. The Kier molecular flexibility index (Phi) is 3.36. The number of carbonyl (C=O) groups excluding carboxylic acids is 4. The van der Waals surface area contributed by atoms with Gasteiger partial charge in [-0.2, -0.15) is 0 Å². The van der Waals surface area contributed by atoms with Gasteiger partial charge in [-0.25, -0.2) is 0 Å². The van der Waals surface area contributed by atoms with Crippen LogP contribution >= 0.6 is 63.7 Å². The van der Waals surface area contributed by atoms with Crippen molar-refractivity contribution in [3.05, 3.63) is 0 Å². The molecule has 0 N–H and O–H groups in total. The summed E-state index contributed by atoms with van der Waals surface area (Å²) >= 11 is 17.5. The number of ether oxygens (including phenoxy) is 4. The molecule has 0 heterocycles. The highest BCUT2D eigenvalue weighted by Crippen LogP contribution is 3.11. The zero-order chi connectivity index (χ0) is 28.1. The van der Waals surface area contributed by atoms with Gasteiger partial charge in [-0.3, -0.25) is 19.2 Å². The van der Waals surface area contributed by atoms with Gasteiger partial charge in [0, 0.05) is 75.0 Å². The van der Waals surface area contributed by atoms with Crippen LogP contribution in [0.25, 0.3) is 0 Å². The van der Waals surface area contributed by atoms with E-state index in [0.29, 0.717) is 0 Å². The van der Waals surface area contributed by atoms with Crippen LogP contribution in [0.15, 0.2) is 0 Å². The van der Waals surface area contributed by atoms with Crippen molar-refractivity contribution in [1.29, 1.82) is 0 Å². The largest absolute Gasteiger partial charge is 0.457 e. The van der Waals surface area contributed by atoms with E-state index in [1.165, 1.54) is 27.7 Å². The SMILES string of the molecule is CC(=O)O[C@]12[C@H]3[C@@H]4[C@@H]5[C@@H]6[C@]7(OC(C)=O)[C@H]4[C@@]4(Br)[C@@H]8[C@H]9[C@H]%10[C@H]([C@]1(Br)[C@H]9[C@@]34OC(C)=O)[C@](Br)([C@@H]52)[C@@]6(OC(C)=O)[C@@H]%10[C@@]87Br. The van der Waals surface area contributed by atoms with Crippen molar-refractivity contribution in [1.82, 2.24) is 0 Å². The first kappa shape index (κ1) is 24.2. The van der Waals surface area contributed by atoms with Crippen LogP contribution < -0.4 is 0 Å². The van der Waals surface area contributed by atoms with Gasteiger partial charge < -0.3 is 18.9 Å². The first-order chi connectivity index (χ1) is 18.6. The lowest BCUT2D eigenvalue weighted by Gasteiger charge is -2.49. The van der Waals surface area contributed by atoms with E-state index in [1.807, 2.05) is 0 Å². The van der Waals surface area contributed by atoms with E-state index in [9.17, 15) is 19.2 Å². The maximum atomic E-state index is 13.1. The summed E-state index contributed by atoms with van der Waals surface area (Å²) in [5.41, 5.74) is -3.81. The summed E-state index contributed by atoms with van der Waals surface area (Å²) in [5.74, 6) is -2.71. The quantitative estimate of drug-likeness (QED) is 0.243. The smallest absolute Gasteiger partial charge is 0.303 e. The Morgan fingerprint density at radius 3 is 0.800 bits per heavy atom. The molecule has 0 aromatic heterocycles. The highest BCUT2D eigenvalue weighted by atomic mass is 79.9. The van der Waals surface area contributed by atoms with Gasteiger partial charge in [-0.05, 0) is 23.7 Å². The first-order valence-electron chi connectivity index (χ1n) is 14.2. The molecule has 0 amide bonds. The summed E-state index contributed by atoms with van der Waals surface area (Å²) < 4.78 is 24.2. The van der Waals surface area contributed by atoms with Crippen molar-refractivity contribution >= 4 is 87.6 Å². The highest BCUT2D eigenvalue weighted by molar-refractivity contribution is 9.11. The normalized spacial score (nSPS) is 74.2. The Morgan fingerprint density at radius 1 is 0.400 bits per heavy atom. The highest BCUT2D eigenvalue weighted by Gasteiger charge is 3.21. The Balaban J connectivity index is 1.37. The predicted molar refractivity (Wildman–Crippen MR) is 146 cm³/mol. The van der Waals surface area contributed by atoms with Crippen molar-refractivity contribution < 1.29 is 38.1 Å². The molecule has 40 heavy (non-hydrogen) atoms. The second-order valence-electron chi connectivity index (χ2n) is 14.7. The average molecular weight is 808 g/mol. The third-order valence-electron chi connectivity index (χ3n) is 14.9. The van der Waals surface area contributed by atoms with Crippen molar-refractivity contribution in [2.45, 2.75) is 67.4 Å². The summed E-state index contributed by atoms with van der Waals surface area (Å²) in [6, 6.07) is 0. The Bertz CT molecular complexity index is 1440. The minimum Gasteiger partial charge on any atom is -0.457 e. The molecule has 12 rings (SSSR count). The summed E-state index contributed by atoms with van der Waals surface area (Å²) in [6.45, 7) is 5.88. The van der Waals surface area contributed by atoms with Crippen LogP contribution in [-0.4, -0.2) is 63.6 Å². The monoisotopic (exact) mass is 804 g/mol. The van der Waals surface area contributed by atoms with Crippen LogP contribution in [0.1, 0.15) is 27.7 Å². The maximum absolute atomic E-state index is 13.1. The van der Waals surface area contributed by atoms with E-state index < -0.39 is 39.7 Å². The number of alkyl halides is 4. The van der Waals surface area contributed by atoms with E-state index in [4.69, 9.17) is 18.9 Å². The molecule has 0 saturated heterocycles. The fraction of sp³-hybridized carbons (Fsp3) is 0.857. The predicted octanol–water partition coefficient (Wildman–Crippen LogP) is 3.27. The van der Waals surface area contributed by atoms with Gasteiger partial charge in [-0.15, -0.1) is 0 Å². The molecule has 0 aromatic carbocycles. The summed E-state index contributed by atoms with van der Waals surface area (Å²) in [5, 5.41) is 0. The Labute approximate surface area is 262 Å². The molecule has 212 valence electrons. The first-order valence-corrected chi connectivity index (χ1v) is 17.3. The lowest BCUT2D eigenvalue weighted by atomic mass is 9.71. The zero-order valence-electron chi connectivity index (χ0n) is 21.7. The zero-order valence-corrected chi connectivity index (χ0v) is 28.1. The second kappa shape index (κ2) is 5.57. The molecule has 0 radical (unpaired) electrons. The van der Waals surface area contributed by atoms with E-state index in [-0.39, 0.29) is 94.9 Å². The van der Waals surface area contributed by atoms with E-state index >= 15 is 0 Å². The fourth-order valence-electron chi connectivity index (χ4n) is 16.7. The van der Waals surface area contributed by atoms with Crippen molar-refractivity contribution in [2.24, 2.45) is 71.0 Å². The third-order valence-corrected chi connectivity index (χ3v) is 21.4. The van der Waals surface area contributed by atoms with Crippen molar-refractivity contribution in [3.63, 3.8) is 0 Å². The van der Waals surface area contributed by atoms with E-state index in [0.717, 1.165) is 0 Å². The fourth-order valence-corrected chi connectivity index (χ4v) is 24.9. The molecule has 0 aromatic rings. The van der Waals surface area contributed by atoms with Gasteiger partial charge in [0.25, 0.3) is 0 Å². The van der Waals surface area contributed by atoms with Gasteiger partial charge >= 0.3 is 23.9 Å². The Morgan fingerprint density at radius 2 is 0.600 bits per heavy atom. The molecule has 0 bridgehead atoms. The molecule has 0 aliphatic heterocycles. The maximum Gasteiger partial charge on any atom is 0.303 e. The van der Waals surface area contributed by atoms with Crippen LogP contribution in [0.4, 0.5) is 0 Å². The molecule has 0 spiro atoms. The summed E-state index contributed by atoms with van der Waals surface area (Å²) in [4.78, 5) is 52.5. The molecule has 12 fully saturated rings. The summed E-state index contributed by atoms with van der Waals surface area (Å²) in [6.07, 6.45) is 0. The van der Waals surface area contributed by atoms with Crippen molar-refractivity contribution in [3.8, 4) is 0 Å². The van der Waals surface area contributed by atoms with Crippen LogP contribution in [0, 0.1) is 71.0 Å². The molecule has 0 unspecified atom stereocenters. The number of hydrogen-bond donors (Lipinski definition) is 0. The van der Waals surface area contributed by atoms with Gasteiger partial charge in [-0.1, -0.05) is 63.7 Å². The molecule has 8 nitrogen and oxygen atoms in total. The Hall–Kier alpha value is -0.200. The van der Waals surface area contributed by atoms with E-state index in [1.54, 1.807) is 0 Å². The standard InChI is InChI=1S/C28H24Br4O8/c1-5(33)37-25-15-9-10-14-21(15,29)27(39-7(3)35)18-12-11(19(25)27)17-23(25,31)13(9)22(30)16(10)26(24(14,18)32,38-6(2)34)20(12)28(17,22)40-8(4)36/h9-20H,1-4H3/t9-,10+,11-,12+,13-,14-,15+,16+,17-,18-,19+,20+,21+,22+,23+,24+,25-,26-,27-,28-/m1/s1.